The monoisotopic (exact) mass is 448 g/mol. The summed E-state index contributed by atoms with van der Waals surface area (Å²) in [5.74, 6) is 0.860. The maximum atomic E-state index is 12.8. The Labute approximate surface area is 200 Å². The second-order valence-electron chi connectivity index (χ2n) is 8.80. The molecule has 0 fully saturated rings. The van der Waals surface area contributed by atoms with Crippen molar-refractivity contribution in [2.24, 2.45) is 0 Å². The summed E-state index contributed by atoms with van der Waals surface area (Å²) in [6.45, 7) is 8.30. The van der Waals surface area contributed by atoms with Crippen molar-refractivity contribution in [3.8, 4) is 5.75 Å². The number of methoxy groups -OCH3 is 1. The van der Waals surface area contributed by atoms with E-state index < -0.39 is 0 Å². The number of pyridine rings is 1. The fourth-order valence-electron chi connectivity index (χ4n) is 3.96. The molecule has 0 aliphatic heterocycles. The van der Waals surface area contributed by atoms with Gasteiger partial charge in [0.15, 0.2) is 0 Å². The van der Waals surface area contributed by atoms with Crippen LogP contribution in [0.2, 0.25) is 0 Å². The van der Waals surface area contributed by atoms with E-state index in [-0.39, 0.29) is 11.9 Å². The van der Waals surface area contributed by atoms with Crippen LogP contribution in [0.3, 0.4) is 0 Å². The van der Waals surface area contributed by atoms with Crippen molar-refractivity contribution in [3.63, 3.8) is 0 Å². The maximum absolute atomic E-state index is 12.8. The summed E-state index contributed by atoms with van der Waals surface area (Å²) in [7, 11) is 1.68. The van der Waals surface area contributed by atoms with Crippen molar-refractivity contribution in [1.29, 1.82) is 0 Å². The third-order valence-corrected chi connectivity index (χ3v) is 5.94. The lowest BCUT2D eigenvalue weighted by Crippen LogP contribution is -2.33. The Morgan fingerprint density at radius 2 is 1.88 bits per heavy atom. The Morgan fingerprint density at radius 3 is 2.52 bits per heavy atom. The second-order valence-corrected chi connectivity index (χ2v) is 8.80. The molecular formula is C29H40N2O2. The standard InChI is InChI=1S/C29H40N2O2/c1-6-7-8-14-28(26-15-17-27(33-5)18-16-26)22(2)20-23(3)29(32)31-24(4)11-9-12-25-13-10-19-30-21-25/h10,13,15-21,24H,6-9,11-12,14H2,1-5H3,(H,31,32)/b23-20+,28-22+/t24-/m1/s1. The van der Waals surface area contributed by atoms with E-state index >= 15 is 0 Å². The third kappa shape index (κ3) is 9.25. The molecule has 0 aliphatic carbocycles. The fourth-order valence-corrected chi connectivity index (χ4v) is 3.96. The molecule has 1 aromatic heterocycles. The first-order chi connectivity index (χ1) is 15.9. The topological polar surface area (TPSA) is 51.2 Å². The summed E-state index contributed by atoms with van der Waals surface area (Å²) in [4.78, 5) is 17.0. The molecule has 33 heavy (non-hydrogen) atoms. The van der Waals surface area contributed by atoms with Gasteiger partial charge in [-0.3, -0.25) is 9.78 Å². The maximum Gasteiger partial charge on any atom is 0.247 e. The van der Waals surface area contributed by atoms with Gasteiger partial charge in [0, 0.05) is 24.0 Å². The van der Waals surface area contributed by atoms with E-state index in [1.807, 2.05) is 37.4 Å². The summed E-state index contributed by atoms with van der Waals surface area (Å²) in [6, 6.07) is 12.4. The number of nitrogens with one attached hydrogen (secondary N) is 1. The van der Waals surface area contributed by atoms with Crippen LogP contribution in [0.25, 0.3) is 5.57 Å². The molecule has 2 aromatic rings. The zero-order valence-corrected chi connectivity index (χ0v) is 21.0. The Bertz CT molecular complexity index is 914. The van der Waals surface area contributed by atoms with Gasteiger partial charge in [0.2, 0.25) is 5.91 Å². The normalized spacial score (nSPS) is 13.3. The lowest BCUT2D eigenvalue weighted by molar-refractivity contribution is -0.118. The molecule has 0 radical (unpaired) electrons. The van der Waals surface area contributed by atoms with Crippen LogP contribution in [-0.2, 0) is 11.2 Å². The predicted octanol–water partition coefficient (Wildman–Crippen LogP) is 6.92. The van der Waals surface area contributed by atoms with Gasteiger partial charge in [0.05, 0.1) is 7.11 Å². The molecule has 0 aliphatic rings. The number of allylic oxidation sites excluding steroid dienone is 3. The van der Waals surface area contributed by atoms with E-state index in [1.54, 1.807) is 13.3 Å². The Balaban J connectivity index is 2.03. The van der Waals surface area contributed by atoms with Crippen molar-refractivity contribution < 1.29 is 9.53 Å². The molecule has 2 rings (SSSR count). The highest BCUT2D eigenvalue weighted by Gasteiger charge is 2.11. The van der Waals surface area contributed by atoms with Gasteiger partial charge in [-0.15, -0.1) is 0 Å². The zero-order valence-electron chi connectivity index (χ0n) is 21.0. The number of carbonyl (C=O) groups excluding carboxylic acids is 1. The van der Waals surface area contributed by atoms with E-state index in [4.69, 9.17) is 4.74 Å². The van der Waals surface area contributed by atoms with Gasteiger partial charge in [-0.05, 0) is 93.3 Å². The van der Waals surface area contributed by atoms with Crippen molar-refractivity contribution in [1.82, 2.24) is 10.3 Å². The van der Waals surface area contributed by atoms with E-state index in [2.05, 4.69) is 49.3 Å². The molecule has 0 saturated heterocycles. The average molecular weight is 449 g/mol. The number of rotatable bonds is 13. The van der Waals surface area contributed by atoms with Crippen molar-refractivity contribution in [2.45, 2.75) is 78.7 Å². The Kier molecular flexibility index (Phi) is 11.4. The summed E-state index contributed by atoms with van der Waals surface area (Å²) >= 11 is 0. The average Bonchev–Trinajstić information content (AvgIpc) is 2.82. The minimum atomic E-state index is 0.00543. The number of unbranched alkanes of at least 4 members (excludes halogenated alkanes) is 2. The van der Waals surface area contributed by atoms with Crippen LogP contribution in [0.5, 0.6) is 5.75 Å². The first-order valence-electron chi connectivity index (χ1n) is 12.2. The van der Waals surface area contributed by atoms with Crippen molar-refractivity contribution in [2.75, 3.05) is 7.11 Å². The summed E-state index contributed by atoms with van der Waals surface area (Å²) in [5, 5.41) is 3.16. The molecule has 1 aromatic carbocycles. The lowest BCUT2D eigenvalue weighted by Gasteiger charge is -2.15. The molecule has 0 bridgehead atoms. The molecule has 1 atom stereocenters. The van der Waals surface area contributed by atoms with Crippen LogP contribution < -0.4 is 10.1 Å². The molecule has 178 valence electrons. The van der Waals surface area contributed by atoms with E-state index in [9.17, 15) is 4.79 Å². The van der Waals surface area contributed by atoms with E-state index in [0.717, 1.165) is 49.0 Å². The van der Waals surface area contributed by atoms with E-state index in [1.165, 1.54) is 29.5 Å². The van der Waals surface area contributed by atoms with Crippen molar-refractivity contribution in [3.05, 3.63) is 77.1 Å². The molecule has 0 saturated carbocycles. The number of carbonyl (C=O) groups is 1. The highest BCUT2D eigenvalue weighted by molar-refractivity contribution is 5.94. The molecule has 1 amide bonds. The second kappa shape index (κ2) is 14.3. The molecule has 0 unspecified atom stereocenters. The van der Waals surface area contributed by atoms with Crippen LogP contribution in [0.4, 0.5) is 0 Å². The van der Waals surface area contributed by atoms with Crippen LogP contribution in [0.1, 0.15) is 77.3 Å². The summed E-state index contributed by atoms with van der Waals surface area (Å²) in [5.41, 5.74) is 5.61. The number of ether oxygens (including phenoxy) is 1. The highest BCUT2D eigenvalue weighted by atomic mass is 16.5. The first kappa shape index (κ1) is 26.4. The summed E-state index contributed by atoms with van der Waals surface area (Å²) < 4.78 is 5.31. The largest absolute Gasteiger partial charge is 0.497 e. The van der Waals surface area contributed by atoms with Gasteiger partial charge >= 0.3 is 0 Å². The quantitative estimate of drug-likeness (QED) is 0.206. The fraction of sp³-hybridized carbons (Fsp3) is 0.448. The minimum absolute atomic E-state index is 0.00543. The van der Waals surface area contributed by atoms with Crippen molar-refractivity contribution >= 4 is 11.5 Å². The number of hydrogen-bond donors (Lipinski definition) is 1. The molecule has 1 heterocycles. The highest BCUT2D eigenvalue weighted by Crippen LogP contribution is 2.28. The summed E-state index contributed by atoms with van der Waals surface area (Å²) in [6.07, 6.45) is 13.2. The van der Waals surface area contributed by atoms with Gasteiger partial charge in [0.1, 0.15) is 5.75 Å². The molecule has 0 spiro atoms. The Morgan fingerprint density at radius 1 is 1.12 bits per heavy atom. The third-order valence-electron chi connectivity index (χ3n) is 5.94. The Hall–Kier alpha value is -2.88. The molecule has 4 heteroatoms. The van der Waals surface area contributed by atoms with Gasteiger partial charge < -0.3 is 10.1 Å². The first-order valence-corrected chi connectivity index (χ1v) is 12.2. The number of hydrogen-bond acceptors (Lipinski definition) is 3. The smallest absolute Gasteiger partial charge is 0.247 e. The van der Waals surface area contributed by atoms with Crippen LogP contribution >= 0.6 is 0 Å². The van der Waals surface area contributed by atoms with Crippen LogP contribution in [-0.4, -0.2) is 24.0 Å². The molecule has 1 N–H and O–H groups in total. The lowest BCUT2D eigenvalue weighted by atomic mass is 9.94. The number of benzene rings is 1. The van der Waals surface area contributed by atoms with E-state index in [0.29, 0.717) is 0 Å². The SMILES string of the molecule is CCCCC/C(=C(C)\C=C(/C)C(=O)N[C@H](C)CCCc1cccnc1)c1ccc(OC)cc1. The zero-order chi connectivity index (χ0) is 24.1. The number of nitrogens with zero attached hydrogens (tertiary/aromatic N) is 1. The molecular weight excluding hydrogens is 408 g/mol. The van der Waals surface area contributed by atoms with Gasteiger partial charge in [-0.1, -0.05) is 44.0 Å². The minimum Gasteiger partial charge on any atom is -0.497 e. The van der Waals surface area contributed by atoms with Gasteiger partial charge in [-0.25, -0.2) is 0 Å². The number of amides is 1. The van der Waals surface area contributed by atoms with Crippen LogP contribution in [0, 0.1) is 0 Å². The number of aryl methyl sites for hydroxylation is 1. The molecule has 4 nitrogen and oxygen atoms in total. The van der Waals surface area contributed by atoms with Gasteiger partial charge in [0.25, 0.3) is 0 Å². The van der Waals surface area contributed by atoms with Gasteiger partial charge in [-0.2, -0.15) is 0 Å². The predicted molar refractivity (Wildman–Crippen MR) is 138 cm³/mol. The van der Waals surface area contributed by atoms with Crippen LogP contribution in [0.15, 0.2) is 66.0 Å². The number of aromatic nitrogens is 1.